The average Bonchev–Trinajstić information content (AvgIpc) is 2.04. The van der Waals surface area contributed by atoms with Crippen LogP contribution in [0.25, 0.3) is 10.4 Å². The molecule has 0 amide bonds. The van der Waals surface area contributed by atoms with Gasteiger partial charge in [0.25, 0.3) is 0 Å². The normalized spacial score (nSPS) is 8.73. The van der Waals surface area contributed by atoms with Gasteiger partial charge in [0.05, 0.1) is 6.54 Å². The molecule has 1 aromatic carbocycles. The molecule has 56 valence electrons. The molecule has 0 saturated carbocycles. The molecule has 0 atom stereocenters. The smallest absolute Gasteiger partial charge is 0.115 e. The molecular formula is C7H7N3O. The molecule has 0 bridgehead atoms. The highest BCUT2D eigenvalue weighted by atomic mass is 16.3. The van der Waals surface area contributed by atoms with E-state index in [0.717, 1.165) is 5.56 Å². The molecule has 1 rings (SSSR count). The lowest BCUT2D eigenvalue weighted by Crippen LogP contribution is -1.77. The summed E-state index contributed by atoms with van der Waals surface area (Å²) in [6, 6.07) is 6.54. The fraction of sp³-hybridized carbons (Fsp3) is 0.143. The summed E-state index contributed by atoms with van der Waals surface area (Å²) in [5, 5.41) is 12.2. The van der Waals surface area contributed by atoms with Gasteiger partial charge in [-0.05, 0) is 23.2 Å². The Balaban J connectivity index is 2.73. The number of phenols is 1. The maximum Gasteiger partial charge on any atom is 0.115 e. The Morgan fingerprint density at radius 3 is 2.55 bits per heavy atom. The topological polar surface area (TPSA) is 69.0 Å². The van der Waals surface area contributed by atoms with E-state index in [1.165, 1.54) is 0 Å². The van der Waals surface area contributed by atoms with Crippen molar-refractivity contribution in [3.05, 3.63) is 40.3 Å². The first kappa shape index (κ1) is 7.44. The van der Waals surface area contributed by atoms with Gasteiger partial charge >= 0.3 is 0 Å². The van der Waals surface area contributed by atoms with Crippen LogP contribution in [0.1, 0.15) is 5.56 Å². The summed E-state index contributed by atoms with van der Waals surface area (Å²) in [5.74, 6) is 0.217. The Kier molecular flexibility index (Phi) is 2.36. The molecular weight excluding hydrogens is 142 g/mol. The van der Waals surface area contributed by atoms with Crippen LogP contribution in [0, 0.1) is 0 Å². The lowest BCUT2D eigenvalue weighted by atomic mass is 10.2. The number of benzene rings is 1. The zero-order valence-corrected chi connectivity index (χ0v) is 5.81. The number of hydrogen-bond acceptors (Lipinski definition) is 2. The van der Waals surface area contributed by atoms with Crippen molar-refractivity contribution < 1.29 is 5.11 Å². The first-order valence-corrected chi connectivity index (χ1v) is 3.11. The van der Waals surface area contributed by atoms with Gasteiger partial charge in [0, 0.05) is 4.91 Å². The van der Waals surface area contributed by atoms with Crippen molar-refractivity contribution in [2.45, 2.75) is 6.54 Å². The summed E-state index contributed by atoms with van der Waals surface area (Å²) in [4.78, 5) is 2.62. The maximum absolute atomic E-state index is 8.88. The molecule has 0 aliphatic carbocycles. The highest BCUT2D eigenvalue weighted by Crippen LogP contribution is 2.09. The molecule has 0 aliphatic rings. The van der Waals surface area contributed by atoms with Crippen LogP contribution < -0.4 is 0 Å². The van der Waals surface area contributed by atoms with Gasteiger partial charge in [-0.2, -0.15) is 0 Å². The third-order valence-electron chi connectivity index (χ3n) is 1.25. The molecule has 11 heavy (non-hydrogen) atoms. The van der Waals surface area contributed by atoms with Crippen molar-refractivity contribution in [1.82, 2.24) is 0 Å². The monoisotopic (exact) mass is 149 g/mol. The number of nitrogens with zero attached hydrogens (tertiary/aromatic N) is 3. The zero-order valence-electron chi connectivity index (χ0n) is 5.81. The summed E-state index contributed by atoms with van der Waals surface area (Å²) >= 11 is 0. The molecule has 0 saturated heterocycles. The van der Waals surface area contributed by atoms with Crippen molar-refractivity contribution in [3.63, 3.8) is 0 Å². The van der Waals surface area contributed by atoms with Gasteiger partial charge in [0.2, 0.25) is 0 Å². The van der Waals surface area contributed by atoms with E-state index in [2.05, 4.69) is 10.0 Å². The molecule has 0 radical (unpaired) electrons. The second-order valence-electron chi connectivity index (χ2n) is 2.06. The van der Waals surface area contributed by atoms with Gasteiger partial charge in [-0.3, -0.25) is 0 Å². The zero-order chi connectivity index (χ0) is 8.10. The first-order valence-electron chi connectivity index (χ1n) is 3.11. The molecule has 0 aliphatic heterocycles. The van der Waals surface area contributed by atoms with Gasteiger partial charge in [0.15, 0.2) is 0 Å². The molecule has 0 spiro atoms. The number of azide groups is 1. The third kappa shape index (κ3) is 2.20. The number of rotatable bonds is 2. The molecule has 1 aromatic rings. The molecule has 0 unspecified atom stereocenters. The van der Waals surface area contributed by atoms with E-state index in [4.69, 9.17) is 10.6 Å². The molecule has 4 nitrogen and oxygen atoms in total. The van der Waals surface area contributed by atoms with Gasteiger partial charge in [-0.25, -0.2) is 0 Å². The molecule has 4 heteroatoms. The van der Waals surface area contributed by atoms with Crippen LogP contribution in [0.15, 0.2) is 29.4 Å². The van der Waals surface area contributed by atoms with Gasteiger partial charge < -0.3 is 5.11 Å². The molecule has 0 aromatic heterocycles. The SMILES string of the molecule is [N-]=[N+]=NCc1ccc(O)cc1. The molecule has 0 heterocycles. The quantitative estimate of drug-likeness (QED) is 0.391. The minimum atomic E-state index is 0.217. The van der Waals surface area contributed by atoms with E-state index in [1.807, 2.05) is 0 Å². The largest absolute Gasteiger partial charge is 0.508 e. The van der Waals surface area contributed by atoms with E-state index >= 15 is 0 Å². The van der Waals surface area contributed by atoms with E-state index < -0.39 is 0 Å². The Morgan fingerprint density at radius 1 is 1.36 bits per heavy atom. The predicted molar refractivity (Wildman–Crippen MR) is 41.0 cm³/mol. The van der Waals surface area contributed by atoms with Crippen molar-refractivity contribution in [2.24, 2.45) is 5.11 Å². The van der Waals surface area contributed by atoms with Crippen LogP contribution in [0.2, 0.25) is 0 Å². The Bertz CT molecular complexity index is 274. The summed E-state index contributed by atoms with van der Waals surface area (Å²) in [7, 11) is 0. The Labute approximate surface area is 63.7 Å². The minimum Gasteiger partial charge on any atom is -0.508 e. The minimum absolute atomic E-state index is 0.217. The number of phenolic OH excluding ortho intramolecular Hbond substituents is 1. The number of aromatic hydroxyl groups is 1. The second kappa shape index (κ2) is 3.49. The highest BCUT2D eigenvalue weighted by molar-refractivity contribution is 5.25. The fourth-order valence-corrected chi connectivity index (χ4v) is 0.715. The van der Waals surface area contributed by atoms with Gasteiger partial charge in [-0.15, -0.1) is 0 Å². The molecule has 1 N–H and O–H groups in total. The third-order valence-corrected chi connectivity index (χ3v) is 1.25. The Morgan fingerprint density at radius 2 is 2.00 bits per heavy atom. The maximum atomic E-state index is 8.88. The standard InChI is InChI=1S/C7H7N3O/c8-10-9-5-6-1-3-7(11)4-2-6/h1-4,11H,5H2. The van der Waals surface area contributed by atoms with Crippen molar-refractivity contribution in [3.8, 4) is 5.75 Å². The van der Waals surface area contributed by atoms with Gasteiger partial charge in [0.1, 0.15) is 5.75 Å². The van der Waals surface area contributed by atoms with Crippen LogP contribution in [-0.2, 0) is 6.54 Å². The van der Waals surface area contributed by atoms with Crippen LogP contribution in [-0.4, -0.2) is 5.11 Å². The average molecular weight is 149 g/mol. The van der Waals surface area contributed by atoms with E-state index in [-0.39, 0.29) is 5.75 Å². The van der Waals surface area contributed by atoms with Crippen molar-refractivity contribution >= 4 is 0 Å². The predicted octanol–water partition coefficient (Wildman–Crippen LogP) is 2.20. The summed E-state index contributed by atoms with van der Waals surface area (Å²) in [6.45, 7) is 0.330. The van der Waals surface area contributed by atoms with Crippen molar-refractivity contribution in [2.75, 3.05) is 0 Å². The van der Waals surface area contributed by atoms with E-state index in [1.54, 1.807) is 24.3 Å². The Hall–Kier alpha value is -1.67. The summed E-state index contributed by atoms with van der Waals surface area (Å²) in [6.07, 6.45) is 0. The fourth-order valence-electron chi connectivity index (χ4n) is 0.715. The van der Waals surface area contributed by atoms with E-state index in [0.29, 0.717) is 6.54 Å². The second-order valence-corrected chi connectivity index (χ2v) is 2.06. The van der Waals surface area contributed by atoms with Crippen LogP contribution in [0.5, 0.6) is 5.75 Å². The highest BCUT2D eigenvalue weighted by Gasteiger charge is 1.89. The summed E-state index contributed by atoms with van der Waals surface area (Å²) in [5.41, 5.74) is 8.88. The van der Waals surface area contributed by atoms with Crippen LogP contribution >= 0.6 is 0 Å². The van der Waals surface area contributed by atoms with E-state index in [9.17, 15) is 0 Å². The number of hydrogen-bond donors (Lipinski definition) is 1. The van der Waals surface area contributed by atoms with Crippen molar-refractivity contribution in [1.29, 1.82) is 0 Å². The summed E-state index contributed by atoms with van der Waals surface area (Å²) < 4.78 is 0. The lowest BCUT2D eigenvalue weighted by molar-refractivity contribution is 0.475. The van der Waals surface area contributed by atoms with Crippen LogP contribution in [0.4, 0.5) is 0 Å². The lowest BCUT2D eigenvalue weighted by Gasteiger charge is -1.93. The first-order chi connectivity index (χ1) is 5.33. The van der Waals surface area contributed by atoms with Gasteiger partial charge in [-0.1, -0.05) is 17.2 Å². The van der Waals surface area contributed by atoms with Crippen LogP contribution in [0.3, 0.4) is 0 Å². The molecule has 0 fully saturated rings.